The Balaban J connectivity index is 2.16. The van der Waals surface area contributed by atoms with Crippen molar-refractivity contribution in [2.75, 3.05) is 0 Å². The first-order valence-corrected chi connectivity index (χ1v) is 6.01. The van der Waals surface area contributed by atoms with Crippen LogP contribution in [0.5, 0.6) is 0 Å². The smallest absolute Gasteiger partial charge is 0.435 e. The van der Waals surface area contributed by atoms with Crippen molar-refractivity contribution in [3.63, 3.8) is 0 Å². The molecule has 0 atom stereocenters. The maximum absolute atomic E-state index is 11.7. The van der Waals surface area contributed by atoms with Gasteiger partial charge in [0.15, 0.2) is 0 Å². The first-order chi connectivity index (χ1) is 7.96. The minimum Gasteiger partial charge on any atom is -0.442 e. The lowest BCUT2D eigenvalue weighted by atomic mass is 10.2. The van der Waals surface area contributed by atoms with Crippen LogP contribution in [0.15, 0.2) is 24.0 Å². The van der Waals surface area contributed by atoms with Gasteiger partial charge in [-0.2, -0.15) is 9.78 Å². The average Bonchev–Trinajstić information content (AvgIpc) is 2.86. The zero-order chi connectivity index (χ0) is 12.5. The van der Waals surface area contributed by atoms with Crippen LogP contribution in [0.2, 0.25) is 0 Å². The van der Waals surface area contributed by atoms with Crippen LogP contribution in [0.3, 0.4) is 0 Å². The molecule has 6 heteroatoms. The third-order valence-electron chi connectivity index (χ3n) is 1.84. The van der Waals surface area contributed by atoms with Crippen LogP contribution >= 0.6 is 11.3 Å². The fourth-order valence-electron chi connectivity index (χ4n) is 1.21. The summed E-state index contributed by atoms with van der Waals surface area (Å²) >= 11 is 1.50. The highest BCUT2D eigenvalue weighted by Crippen LogP contribution is 2.20. The van der Waals surface area contributed by atoms with Crippen LogP contribution in [0.25, 0.3) is 10.6 Å². The number of carbonyl (C=O) groups is 1. The maximum Gasteiger partial charge on any atom is 0.435 e. The van der Waals surface area contributed by atoms with E-state index in [1.165, 1.54) is 16.0 Å². The molecule has 2 heterocycles. The molecule has 0 fully saturated rings. The molecule has 0 unspecified atom stereocenters. The van der Waals surface area contributed by atoms with Crippen LogP contribution in [-0.4, -0.2) is 26.5 Å². The largest absolute Gasteiger partial charge is 0.442 e. The van der Waals surface area contributed by atoms with Crippen LogP contribution in [0.1, 0.15) is 20.8 Å². The Kier molecular flexibility index (Phi) is 2.97. The molecular weight excluding hydrogens is 238 g/mol. The van der Waals surface area contributed by atoms with Gasteiger partial charge in [-0.3, -0.25) is 0 Å². The lowest BCUT2D eigenvalue weighted by Crippen LogP contribution is -2.27. The molecule has 0 radical (unpaired) electrons. The van der Waals surface area contributed by atoms with E-state index in [9.17, 15) is 4.79 Å². The topological polar surface area (TPSA) is 57.0 Å². The van der Waals surface area contributed by atoms with Gasteiger partial charge in [0.1, 0.15) is 10.6 Å². The SMILES string of the molecule is CC(C)(C)OC(=O)n1cc(-c2nccs2)cn1. The number of nitrogens with zero attached hydrogens (tertiary/aromatic N) is 3. The molecule has 0 saturated heterocycles. The van der Waals surface area contributed by atoms with E-state index in [1.807, 2.05) is 26.2 Å². The molecule has 17 heavy (non-hydrogen) atoms. The highest BCUT2D eigenvalue weighted by atomic mass is 32.1. The number of hydrogen-bond donors (Lipinski definition) is 0. The van der Waals surface area contributed by atoms with E-state index in [4.69, 9.17) is 4.74 Å². The van der Waals surface area contributed by atoms with Crippen molar-refractivity contribution in [2.24, 2.45) is 0 Å². The van der Waals surface area contributed by atoms with Crippen molar-refractivity contribution in [3.05, 3.63) is 24.0 Å². The summed E-state index contributed by atoms with van der Waals surface area (Å²) in [6, 6.07) is 0. The van der Waals surface area contributed by atoms with Crippen molar-refractivity contribution >= 4 is 17.4 Å². The molecule has 2 aromatic rings. The second kappa shape index (κ2) is 4.29. The first-order valence-electron chi connectivity index (χ1n) is 5.13. The quantitative estimate of drug-likeness (QED) is 0.782. The van der Waals surface area contributed by atoms with Gasteiger partial charge in [-0.05, 0) is 20.8 Å². The molecule has 90 valence electrons. The van der Waals surface area contributed by atoms with Crippen molar-refractivity contribution in [2.45, 2.75) is 26.4 Å². The van der Waals surface area contributed by atoms with Gasteiger partial charge in [-0.15, -0.1) is 11.3 Å². The number of ether oxygens (including phenoxy) is 1. The highest BCUT2D eigenvalue weighted by Gasteiger charge is 2.18. The van der Waals surface area contributed by atoms with Crippen molar-refractivity contribution in [1.29, 1.82) is 0 Å². The second-order valence-electron chi connectivity index (χ2n) is 4.49. The third kappa shape index (κ3) is 2.91. The fourth-order valence-corrected chi connectivity index (χ4v) is 1.82. The molecule has 2 rings (SSSR count). The number of thiazole rings is 1. The zero-order valence-electron chi connectivity index (χ0n) is 9.88. The lowest BCUT2D eigenvalue weighted by Gasteiger charge is -2.18. The fraction of sp³-hybridized carbons (Fsp3) is 0.364. The molecule has 2 aromatic heterocycles. The Morgan fingerprint density at radius 3 is 2.82 bits per heavy atom. The number of carbonyl (C=O) groups excluding carboxylic acids is 1. The van der Waals surface area contributed by atoms with E-state index in [1.54, 1.807) is 18.6 Å². The van der Waals surface area contributed by atoms with Crippen LogP contribution < -0.4 is 0 Å². The summed E-state index contributed by atoms with van der Waals surface area (Å²) in [6.45, 7) is 5.45. The summed E-state index contributed by atoms with van der Waals surface area (Å²) in [5.74, 6) is 0. The number of aromatic nitrogens is 3. The van der Waals surface area contributed by atoms with E-state index in [0.717, 1.165) is 10.6 Å². The van der Waals surface area contributed by atoms with Gasteiger partial charge in [-0.25, -0.2) is 9.78 Å². The Morgan fingerprint density at radius 1 is 1.47 bits per heavy atom. The summed E-state index contributed by atoms with van der Waals surface area (Å²) < 4.78 is 6.38. The van der Waals surface area contributed by atoms with Gasteiger partial charge in [0.05, 0.1) is 6.20 Å². The molecule has 0 N–H and O–H groups in total. The molecule has 0 aliphatic rings. The van der Waals surface area contributed by atoms with Gasteiger partial charge in [-0.1, -0.05) is 0 Å². The molecular formula is C11H13N3O2S. The second-order valence-corrected chi connectivity index (χ2v) is 5.39. The Hall–Kier alpha value is -1.69. The Labute approximate surface area is 103 Å². The predicted octanol–water partition coefficient (Wildman–Crippen LogP) is 2.79. The molecule has 0 bridgehead atoms. The molecule has 0 aromatic carbocycles. The van der Waals surface area contributed by atoms with E-state index in [2.05, 4.69) is 10.1 Å². The van der Waals surface area contributed by atoms with E-state index in [0.29, 0.717) is 0 Å². The van der Waals surface area contributed by atoms with Gasteiger partial charge in [0.2, 0.25) is 0 Å². The average molecular weight is 251 g/mol. The highest BCUT2D eigenvalue weighted by molar-refractivity contribution is 7.13. The zero-order valence-corrected chi connectivity index (χ0v) is 10.7. The van der Waals surface area contributed by atoms with E-state index >= 15 is 0 Å². The molecule has 0 spiro atoms. The minimum atomic E-state index is -0.523. The summed E-state index contributed by atoms with van der Waals surface area (Å²) in [5.41, 5.74) is 0.288. The number of hydrogen-bond acceptors (Lipinski definition) is 5. The van der Waals surface area contributed by atoms with Gasteiger partial charge in [0, 0.05) is 23.3 Å². The monoisotopic (exact) mass is 251 g/mol. The first kappa shape index (κ1) is 11.8. The van der Waals surface area contributed by atoms with E-state index in [-0.39, 0.29) is 0 Å². The summed E-state index contributed by atoms with van der Waals surface area (Å²) in [7, 11) is 0. The van der Waals surface area contributed by atoms with Crippen LogP contribution in [-0.2, 0) is 4.74 Å². The molecule has 5 nitrogen and oxygen atoms in total. The summed E-state index contributed by atoms with van der Waals surface area (Å²) in [4.78, 5) is 15.9. The molecule has 0 aliphatic heterocycles. The van der Waals surface area contributed by atoms with Crippen LogP contribution in [0, 0.1) is 0 Å². The van der Waals surface area contributed by atoms with Gasteiger partial charge >= 0.3 is 6.09 Å². The van der Waals surface area contributed by atoms with Crippen molar-refractivity contribution in [3.8, 4) is 10.6 Å². The lowest BCUT2D eigenvalue weighted by molar-refractivity contribution is 0.0514. The van der Waals surface area contributed by atoms with Gasteiger partial charge < -0.3 is 4.74 Å². The summed E-state index contributed by atoms with van der Waals surface area (Å²) in [6.07, 6.45) is 4.45. The number of rotatable bonds is 1. The minimum absolute atomic E-state index is 0.486. The predicted molar refractivity (Wildman–Crippen MR) is 65.0 cm³/mol. The Morgan fingerprint density at radius 2 is 2.24 bits per heavy atom. The van der Waals surface area contributed by atoms with Crippen LogP contribution in [0.4, 0.5) is 4.79 Å². The van der Waals surface area contributed by atoms with Crippen molar-refractivity contribution < 1.29 is 9.53 Å². The molecule has 0 amide bonds. The normalized spacial score (nSPS) is 11.5. The molecule has 0 saturated carbocycles. The van der Waals surface area contributed by atoms with Crippen molar-refractivity contribution in [1.82, 2.24) is 14.8 Å². The standard InChI is InChI=1S/C11H13N3O2S/c1-11(2,3)16-10(15)14-7-8(6-13-14)9-12-4-5-17-9/h4-7H,1-3H3. The molecule has 0 aliphatic carbocycles. The summed E-state index contributed by atoms with van der Waals surface area (Å²) in [5, 5.41) is 6.67. The van der Waals surface area contributed by atoms with Gasteiger partial charge in [0.25, 0.3) is 0 Å². The third-order valence-corrected chi connectivity index (χ3v) is 2.66. The maximum atomic E-state index is 11.7. The van der Waals surface area contributed by atoms with E-state index < -0.39 is 11.7 Å². The Bertz CT molecular complexity index is 511.